The maximum Gasteiger partial charge on any atom is 0.409 e. The molecule has 0 aliphatic carbocycles. The first kappa shape index (κ1) is 18.2. The van der Waals surface area contributed by atoms with Gasteiger partial charge in [-0.15, -0.1) is 11.3 Å². The second kappa shape index (κ2) is 8.67. The van der Waals surface area contributed by atoms with Crippen molar-refractivity contribution in [3.05, 3.63) is 22.4 Å². The van der Waals surface area contributed by atoms with E-state index in [0.29, 0.717) is 12.6 Å². The Morgan fingerprint density at radius 2 is 2.08 bits per heavy atom. The van der Waals surface area contributed by atoms with Crippen LogP contribution in [0.15, 0.2) is 17.5 Å². The van der Waals surface area contributed by atoms with Crippen LogP contribution in [0.5, 0.6) is 0 Å². The number of thiophene rings is 1. The van der Waals surface area contributed by atoms with Crippen molar-refractivity contribution in [2.24, 2.45) is 0 Å². The number of nitrogens with one attached hydrogen (secondary N) is 1. The minimum Gasteiger partial charge on any atom is -0.450 e. The lowest BCUT2D eigenvalue weighted by atomic mass is 9.98. The second-order valence-electron chi connectivity index (χ2n) is 6.70. The second-order valence-corrected chi connectivity index (χ2v) is 7.65. The first-order valence-electron chi connectivity index (χ1n) is 9.17. The van der Waals surface area contributed by atoms with Gasteiger partial charge in [-0.25, -0.2) is 4.79 Å². The topological polar surface area (TPSA) is 61.9 Å². The summed E-state index contributed by atoms with van der Waals surface area (Å²) in [6.45, 7) is 5.76. The van der Waals surface area contributed by atoms with Crippen LogP contribution in [0.25, 0.3) is 0 Å². The Bertz CT molecular complexity index is 570. The molecule has 1 atom stereocenters. The molecule has 0 aromatic carbocycles. The van der Waals surface area contributed by atoms with Crippen LogP contribution in [0.4, 0.5) is 4.79 Å². The molecule has 6 nitrogen and oxygen atoms in total. The third kappa shape index (κ3) is 4.73. The van der Waals surface area contributed by atoms with Crippen molar-refractivity contribution in [2.75, 3.05) is 32.8 Å². The van der Waals surface area contributed by atoms with Crippen molar-refractivity contribution >= 4 is 23.3 Å². The predicted octanol–water partition coefficient (Wildman–Crippen LogP) is 2.56. The highest BCUT2D eigenvalue weighted by molar-refractivity contribution is 7.12. The van der Waals surface area contributed by atoms with Gasteiger partial charge < -0.3 is 15.0 Å². The molecule has 3 heterocycles. The van der Waals surface area contributed by atoms with Crippen LogP contribution in [0.1, 0.15) is 42.3 Å². The fourth-order valence-corrected chi connectivity index (χ4v) is 4.38. The fourth-order valence-electron chi connectivity index (χ4n) is 3.75. The van der Waals surface area contributed by atoms with Gasteiger partial charge in [0, 0.05) is 31.7 Å². The Morgan fingerprint density at radius 3 is 2.76 bits per heavy atom. The van der Waals surface area contributed by atoms with E-state index in [-0.39, 0.29) is 18.0 Å². The van der Waals surface area contributed by atoms with E-state index in [4.69, 9.17) is 4.74 Å². The molecule has 2 aliphatic rings. The van der Waals surface area contributed by atoms with E-state index in [1.165, 1.54) is 11.3 Å². The molecule has 0 bridgehead atoms. The van der Waals surface area contributed by atoms with E-state index in [2.05, 4.69) is 10.2 Å². The molecule has 1 N–H and O–H groups in total. The molecule has 2 amide bonds. The van der Waals surface area contributed by atoms with E-state index >= 15 is 0 Å². The van der Waals surface area contributed by atoms with Gasteiger partial charge >= 0.3 is 6.09 Å². The molecule has 0 radical (unpaired) electrons. The van der Waals surface area contributed by atoms with Crippen LogP contribution in [0.2, 0.25) is 0 Å². The largest absolute Gasteiger partial charge is 0.450 e. The molecular formula is C18H27N3O3S. The summed E-state index contributed by atoms with van der Waals surface area (Å²) >= 11 is 1.48. The quantitative estimate of drug-likeness (QED) is 0.891. The highest BCUT2D eigenvalue weighted by Crippen LogP contribution is 2.22. The Balaban J connectivity index is 1.47. The number of amides is 2. The molecule has 7 heteroatoms. The molecule has 3 rings (SSSR count). The number of nitrogens with zero attached hydrogens (tertiary/aromatic N) is 2. The van der Waals surface area contributed by atoms with E-state index in [1.807, 2.05) is 24.4 Å². The first-order valence-corrected chi connectivity index (χ1v) is 10.1. The third-order valence-electron chi connectivity index (χ3n) is 5.04. The number of hydrogen-bond donors (Lipinski definition) is 1. The van der Waals surface area contributed by atoms with Crippen molar-refractivity contribution < 1.29 is 14.3 Å². The number of rotatable bonds is 4. The highest BCUT2D eigenvalue weighted by atomic mass is 32.1. The molecule has 2 fully saturated rings. The molecule has 138 valence electrons. The Morgan fingerprint density at radius 1 is 1.28 bits per heavy atom. The van der Waals surface area contributed by atoms with Crippen LogP contribution >= 0.6 is 11.3 Å². The predicted molar refractivity (Wildman–Crippen MR) is 98.0 cm³/mol. The SMILES string of the molecule is CCOC(=O)N1CCC(N2CCC[C@H](NC(=O)c3cccs3)C2)CC1. The molecule has 25 heavy (non-hydrogen) atoms. The van der Waals surface area contributed by atoms with Crippen LogP contribution < -0.4 is 5.32 Å². The fraction of sp³-hybridized carbons (Fsp3) is 0.667. The summed E-state index contributed by atoms with van der Waals surface area (Å²) in [4.78, 5) is 29.1. The number of hydrogen-bond acceptors (Lipinski definition) is 5. The van der Waals surface area contributed by atoms with Crippen molar-refractivity contribution in [2.45, 2.75) is 44.7 Å². The monoisotopic (exact) mass is 365 g/mol. The average Bonchev–Trinajstić information content (AvgIpc) is 3.17. The normalized spacial score (nSPS) is 22.6. The van der Waals surface area contributed by atoms with Gasteiger partial charge in [0.1, 0.15) is 0 Å². The molecule has 0 unspecified atom stereocenters. The Labute approximate surface area is 153 Å². The van der Waals surface area contributed by atoms with Crippen molar-refractivity contribution in [1.29, 1.82) is 0 Å². The zero-order valence-corrected chi connectivity index (χ0v) is 15.6. The summed E-state index contributed by atoms with van der Waals surface area (Å²) in [6.07, 6.45) is 3.90. The molecule has 1 aromatic heterocycles. The van der Waals surface area contributed by atoms with Gasteiger partial charge in [0.25, 0.3) is 5.91 Å². The smallest absolute Gasteiger partial charge is 0.409 e. The molecular weight excluding hydrogens is 338 g/mol. The van der Waals surface area contributed by atoms with Gasteiger partial charge in [0.05, 0.1) is 11.5 Å². The number of ether oxygens (including phenoxy) is 1. The summed E-state index contributed by atoms with van der Waals surface area (Å²) in [7, 11) is 0. The van der Waals surface area contributed by atoms with E-state index in [1.54, 1.807) is 4.90 Å². The Hall–Kier alpha value is -1.60. The standard InChI is InChI=1S/C18H27N3O3S/c1-2-24-18(23)20-10-7-15(8-11-20)21-9-3-5-14(13-21)19-17(22)16-6-4-12-25-16/h4,6,12,14-15H,2-3,5,7-11,13H2,1H3,(H,19,22)/t14-/m0/s1. The average molecular weight is 365 g/mol. The van der Waals surface area contributed by atoms with Crippen LogP contribution in [0.3, 0.4) is 0 Å². The number of carbonyl (C=O) groups is 2. The lowest BCUT2D eigenvalue weighted by Crippen LogP contribution is -2.54. The summed E-state index contributed by atoms with van der Waals surface area (Å²) in [5.74, 6) is 0.0407. The summed E-state index contributed by atoms with van der Waals surface area (Å²) < 4.78 is 5.09. The van der Waals surface area contributed by atoms with E-state index < -0.39 is 0 Å². The van der Waals surface area contributed by atoms with E-state index in [0.717, 1.165) is 56.7 Å². The molecule has 2 saturated heterocycles. The van der Waals surface area contributed by atoms with Gasteiger partial charge in [0.2, 0.25) is 0 Å². The van der Waals surface area contributed by atoms with E-state index in [9.17, 15) is 9.59 Å². The number of carbonyl (C=O) groups excluding carboxylic acids is 2. The van der Waals surface area contributed by atoms with Crippen LogP contribution in [-0.4, -0.2) is 66.7 Å². The molecule has 0 saturated carbocycles. The summed E-state index contributed by atoms with van der Waals surface area (Å²) in [5.41, 5.74) is 0. The maximum atomic E-state index is 12.3. The maximum absolute atomic E-state index is 12.3. The summed E-state index contributed by atoms with van der Waals surface area (Å²) in [6, 6.07) is 4.48. The van der Waals surface area contributed by atoms with Crippen molar-refractivity contribution in [3.63, 3.8) is 0 Å². The lowest BCUT2D eigenvalue weighted by molar-refractivity contribution is 0.0602. The molecule has 1 aromatic rings. The van der Waals surface area contributed by atoms with Gasteiger partial charge in [-0.05, 0) is 50.6 Å². The molecule has 2 aliphatic heterocycles. The first-order chi connectivity index (χ1) is 12.2. The number of piperidine rings is 2. The zero-order chi connectivity index (χ0) is 17.6. The minimum absolute atomic E-state index is 0.0407. The zero-order valence-electron chi connectivity index (χ0n) is 14.8. The number of likely N-dealkylation sites (tertiary alicyclic amines) is 2. The minimum atomic E-state index is -0.194. The molecule has 0 spiro atoms. The summed E-state index contributed by atoms with van der Waals surface area (Å²) in [5, 5.41) is 5.11. The van der Waals surface area contributed by atoms with Crippen molar-refractivity contribution in [1.82, 2.24) is 15.1 Å². The lowest BCUT2D eigenvalue weighted by Gasteiger charge is -2.42. The highest BCUT2D eigenvalue weighted by Gasteiger charge is 2.31. The van der Waals surface area contributed by atoms with Crippen LogP contribution in [0, 0.1) is 0 Å². The van der Waals surface area contributed by atoms with Crippen molar-refractivity contribution in [3.8, 4) is 0 Å². The van der Waals surface area contributed by atoms with Crippen LogP contribution in [-0.2, 0) is 4.74 Å². The van der Waals surface area contributed by atoms with Gasteiger partial charge in [-0.1, -0.05) is 6.07 Å². The van der Waals surface area contributed by atoms with Gasteiger partial charge in [-0.3, -0.25) is 9.69 Å². The Kier molecular flexibility index (Phi) is 6.31. The third-order valence-corrected chi connectivity index (χ3v) is 5.91. The van der Waals surface area contributed by atoms with Gasteiger partial charge in [0.15, 0.2) is 0 Å². The van der Waals surface area contributed by atoms with Gasteiger partial charge in [-0.2, -0.15) is 0 Å².